The summed E-state index contributed by atoms with van der Waals surface area (Å²) >= 11 is 0. The molecule has 0 saturated carbocycles. The number of hydrogen-bond donors (Lipinski definition) is 3. The summed E-state index contributed by atoms with van der Waals surface area (Å²) in [6, 6.07) is 9.58. The van der Waals surface area contributed by atoms with Crippen LogP contribution in [0, 0.1) is 5.92 Å². The molecule has 1 atom stereocenters. The molecule has 1 rings (SSSR count). The molecule has 15 heavy (non-hydrogen) atoms. The molecule has 5 heteroatoms. The van der Waals surface area contributed by atoms with E-state index in [4.69, 9.17) is 15.5 Å². The Balaban J connectivity index is 2.59. The van der Waals surface area contributed by atoms with Gasteiger partial charge in [-0.25, -0.2) is 0 Å². The average molecular weight is 229 g/mol. The van der Waals surface area contributed by atoms with Crippen molar-refractivity contribution in [1.82, 2.24) is 0 Å². The van der Waals surface area contributed by atoms with Crippen LogP contribution in [0.1, 0.15) is 5.56 Å². The van der Waals surface area contributed by atoms with E-state index in [0.717, 1.165) is 5.56 Å². The van der Waals surface area contributed by atoms with Gasteiger partial charge < -0.3 is 15.5 Å². The third kappa shape index (κ3) is 5.09. The van der Waals surface area contributed by atoms with Crippen LogP contribution in [0.5, 0.6) is 0 Å². The molecule has 1 unspecified atom stereocenters. The van der Waals surface area contributed by atoms with Crippen molar-refractivity contribution in [2.24, 2.45) is 11.7 Å². The van der Waals surface area contributed by atoms with E-state index >= 15 is 0 Å². The van der Waals surface area contributed by atoms with Gasteiger partial charge in [0.15, 0.2) is 0 Å². The van der Waals surface area contributed by atoms with Crippen LogP contribution in [0.25, 0.3) is 0 Å². The first-order chi connectivity index (χ1) is 7.01. The Kier molecular flexibility index (Phi) is 4.48. The summed E-state index contributed by atoms with van der Waals surface area (Å²) in [6.07, 6.45) is 0.473. The SMILES string of the molecule is NCC(Cc1ccccc1)CP(=O)(O)O. The van der Waals surface area contributed by atoms with Crippen LogP contribution in [-0.4, -0.2) is 22.5 Å². The predicted octanol–water partition coefficient (Wildman–Crippen LogP) is 0.982. The van der Waals surface area contributed by atoms with Crippen molar-refractivity contribution in [3.63, 3.8) is 0 Å². The van der Waals surface area contributed by atoms with Crippen LogP contribution >= 0.6 is 7.60 Å². The average Bonchev–Trinajstić information content (AvgIpc) is 2.16. The van der Waals surface area contributed by atoms with Gasteiger partial charge in [-0.05, 0) is 24.4 Å². The lowest BCUT2D eigenvalue weighted by atomic mass is 10.0. The molecule has 0 fully saturated rings. The van der Waals surface area contributed by atoms with Gasteiger partial charge in [0.05, 0.1) is 6.16 Å². The summed E-state index contributed by atoms with van der Waals surface area (Å²) in [5.74, 6) is -0.159. The first-order valence-corrected chi connectivity index (χ1v) is 6.59. The number of rotatable bonds is 5. The third-order valence-corrected chi connectivity index (χ3v) is 3.19. The Hall–Kier alpha value is -0.670. The molecule has 0 amide bonds. The fraction of sp³-hybridized carbons (Fsp3) is 0.400. The molecule has 0 aliphatic heterocycles. The molecule has 4 N–H and O–H groups in total. The van der Waals surface area contributed by atoms with Crippen molar-refractivity contribution >= 4 is 7.60 Å². The number of benzene rings is 1. The zero-order valence-electron chi connectivity index (χ0n) is 8.41. The second kappa shape index (κ2) is 5.42. The first kappa shape index (κ1) is 12.4. The maximum atomic E-state index is 10.8. The van der Waals surface area contributed by atoms with Gasteiger partial charge in [-0.1, -0.05) is 30.3 Å². The van der Waals surface area contributed by atoms with Crippen molar-refractivity contribution in [3.8, 4) is 0 Å². The topological polar surface area (TPSA) is 83.6 Å². The van der Waals surface area contributed by atoms with Gasteiger partial charge in [-0.2, -0.15) is 0 Å². The minimum absolute atomic E-state index is 0.140. The van der Waals surface area contributed by atoms with E-state index in [0.29, 0.717) is 13.0 Å². The molecule has 1 aromatic rings. The van der Waals surface area contributed by atoms with Crippen LogP contribution < -0.4 is 5.73 Å². The first-order valence-electron chi connectivity index (χ1n) is 4.80. The summed E-state index contributed by atoms with van der Waals surface area (Å²) < 4.78 is 10.8. The van der Waals surface area contributed by atoms with Crippen LogP contribution in [0.4, 0.5) is 0 Å². The van der Waals surface area contributed by atoms with Gasteiger partial charge in [0, 0.05) is 0 Å². The highest BCUT2D eigenvalue weighted by Crippen LogP contribution is 2.37. The van der Waals surface area contributed by atoms with E-state index in [1.54, 1.807) is 0 Å². The van der Waals surface area contributed by atoms with Crippen LogP contribution in [0.15, 0.2) is 30.3 Å². The van der Waals surface area contributed by atoms with Gasteiger partial charge in [0.2, 0.25) is 0 Å². The number of nitrogens with two attached hydrogens (primary N) is 1. The van der Waals surface area contributed by atoms with E-state index in [9.17, 15) is 4.57 Å². The Labute approximate surface area is 89.3 Å². The quantitative estimate of drug-likeness (QED) is 0.657. The molecule has 0 aliphatic carbocycles. The summed E-state index contributed by atoms with van der Waals surface area (Å²) in [7, 11) is -3.96. The van der Waals surface area contributed by atoms with E-state index < -0.39 is 7.60 Å². The summed E-state index contributed by atoms with van der Waals surface area (Å²) in [4.78, 5) is 17.7. The van der Waals surface area contributed by atoms with Crippen LogP contribution in [0.2, 0.25) is 0 Å². The third-order valence-electron chi connectivity index (χ3n) is 2.20. The van der Waals surface area contributed by atoms with Crippen molar-refractivity contribution < 1.29 is 14.4 Å². The molecule has 1 aromatic carbocycles. The summed E-state index contributed by atoms with van der Waals surface area (Å²) in [6.45, 7) is 0.292. The summed E-state index contributed by atoms with van der Waals surface area (Å²) in [5, 5.41) is 0. The van der Waals surface area contributed by atoms with Gasteiger partial charge in [-0.3, -0.25) is 4.57 Å². The Bertz CT molecular complexity index is 336. The highest BCUT2D eigenvalue weighted by atomic mass is 31.2. The zero-order chi connectivity index (χ0) is 11.3. The number of hydrogen-bond acceptors (Lipinski definition) is 2. The Morgan fingerprint density at radius 1 is 1.27 bits per heavy atom. The van der Waals surface area contributed by atoms with Crippen molar-refractivity contribution in [3.05, 3.63) is 35.9 Å². The molecule has 84 valence electrons. The summed E-state index contributed by atoms with van der Waals surface area (Å²) in [5.41, 5.74) is 6.54. The maximum absolute atomic E-state index is 10.8. The van der Waals surface area contributed by atoms with Crippen molar-refractivity contribution in [2.75, 3.05) is 12.7 Å². The Morgan fingerprint density at radius 2 is 1.87 bits per heavy atom. The maximum Gasteiger partial charge on any atom is 0.325 e. The van der Waals surface area contributed by atoms with Crippen molar-refractivity contribution in [2.45, 2.75) is 6.42 Å². The molecule has 0 bridgehead atoms. The van der Waals surface area contributed by atoms with E-state index in [1.165, 1.54) is 0 Å². The van der Waals surface area contributed by atoms with Crippen molar-refractivity contribution in [1.29, 1.82) is 0 Å². The lowest BCUT2D eigenvalue weighted by Crippen LogP contribution is -2.20. The molecule has 0 radical (unpaired) electrons. The monoisotopic (exact) mass is 229 g/mol. The highest BCUT2D eigenvalue weighted by molar-refractivity contribution is 7.51. The lowest BCUT2D eigenvalue weighted by molar-refractivity contribution is 0.361. The lowest BCUT2D eigenvalue weighted by Gasteiger charge is -2.15. The Morgan fingerprint density at radius 3 is 2.33 bits per heavy atom. The van der Waals surface area contributed by atoms with Gasteiger partial charge >= 0.3 is 7.60 Å². The molecule has 0 aromatic heterocycles. The molecule has 0 aliphatic rings. The molecule has 4 nitrogen and oxygen atoms in total. The molecule has 0 spiro atoms. The predicted molar refractivity (Wildman–Crippen MR) is 59.6 cm³/mol. The highest BCUT2D eigenvalue weighted by Gasteiger charge is 2.20. The van der Waals surface area contributed by atoms with E-state index in [2.05, 4.69) is 0 Å². The normalized spacial score (nSPS) is 13.8. The molecular weight excluding hydrogens is 213 g/mol. The van der Waals surface area contributed by atoms with Gasteiger partial charge in [0.25, 0.3) is 0 Å². The smallest absolute Gasteiger partial charge is 0.325 e. The minimum Gasteiger partial charge on any atom is -0.330 e. The second-order valence-electron chi connectivity index (χ2n) is 3.64. The van der Waals surface area contributed by atoms with Gasteiger partial charge in [0.1, 0.15) is 0 Å². The largest absolute Gasteiger partial charge is 0.330 e. The standard InChI is InChI=1S/C10H16NO3P/c11-7-10(8-15(12,13)14)6-9-4-2-1-3-5-9/h1-5,10H,6-8,11H2,(H2,12,13,14). The fourth-order valence-corrected chi connectivity index (χ4v) is 2.46. The fourth-order valence-electron chi connectivity index (χ4n) is 1.51. The molecular formula is C10H16NO3P. The minimum atomic E-state index is -3.96. The second-order valence-corrected chi connectivity index (χ2v) is 5.33. The van der Waals surface area contributed by atoms with Gasteiger partial charge in [-0.15, -0.1) is 0 Å². The van der Waals surface area contributed by atoms with Crippen LogP contribution in [0.3, 0.4) is 0 Å². The van der Waals surface area contributed by atoms with Crippen LogP contribution in [-0.2, 0) is 11.0 Å². The molecule has 0 saturated heterocycles. The van der Waals surface area contributed by atoms with E-state index in [-0.39, 0.29) is 12.1 Å². The van der Waals surface area contributed by atoms with E-state index in [1.807, 2.05) is 30.3 Å². The zero-order valence-corrected chi connectivity index (χ0v) is 9.31. The molecule has 0 heterocycles.